The summed E-state index contributed by atoms with van der Waals surface area (Å²) in [7, 11) is 0. The van der Waals surface area contributed by atoms with E-state index in [2.05, 4.69) is 4.84 Å². The van der Waals surface area contributed by atoms with Crippen LogP contribution in [0.2, 0.25) is 0 Å². The number of anilines is 1. The van der Waals surface area contributed by atoms with Gasteiger partial charge < -0.3 is 15.7 Å². The van der Waals surface area contributed by atoms with E-state index in [0.717, 1.165) is 0 Å². The maximum atomic E-state index is 8.97. The third-order valence-corrected chi connectivity index (χ3v) is 1.11. The predicted octanol–water partition coefficient (Wildman–Crippen LogP) is 0.227. The fraction of sp³-hybridized carbons (Fsp3) is 0. The van der Waals surface area contributed by atoms with Gasteiger partial charge in [-0.2, -0.15) is 5.90 Å². The Hall–Kier alpha value is -1.42. The molecular formula is C6H8N2O2. The van der Waals surface area contributed by atoms with Crippen LogP contribution in [-0.4, -0.2) is 5.11 Å². The monoisotopic (exact) mass is 140 g/mol. The number of rotatable bonds is 1. The van der Waals surface area contributed by atoms with Gasteiger partial charge in [0.2, 0.25) is 0 Å². The zero-order valence-corrected chi connectivity index (χ0v) is 5.24. The second-order valence-electron chi connectivity index (χ2n) is 1.85. The average molecular weight is 140 g/mol. The first-order valence-electron chi connectivity index (χ1n) is 2.69. The van der Waals surface area contributed by atoms with E-state index in [1.54, 1.807) is 6.07 Å². The Morgan fingerprint density at radius 1 is 1.40 bits per heavy atom. The Balaban J connectivity index is 3.09. The molecule has 0 unspecified atom stereocenters. The Kier molecular flexibility index (Phi) is 1.64. The van der Waals surface area contributed by atoms with E-state index in [0.29, 0.717) is 5.69 Å². The molecule has 0 aromatic heterocycles. The van der Waals surface area contributed by atoms with Crippen molar-refractivity contribution in [2.24, 2.45) is 5.90 Å². The van der Waals surface area contributed by atoms with Crippen molar-refractivity contribution in [2.75, 3.05) is 5.73 Å². The Bertz CT molecular complexity index is 237. The van der Waals surface area contributed by atoms with E-state index in [1.807, 2.05) is 0 Å². The van der Waals surface area contributed by atoms with Crippen LogP contribution >= 0.6 is 0 Å². The van der Waals surface area contributed by atoms with Gasteiger partial charge >= 0.3 is 0 Å². The number of phenols is 1. The molecule has 4 nitrogen and oxygen atoms in total. The van der Waals surface area contributed by atoms with Crippen LogP contribution in [0.4, 0.5) is 5.69 Å². The molecule has 1 aromatic rings. The van der Waals surface area contributed by atoms with E-state index >= 15 is 0 Å². The molecule has 1 rings (SSSR count). The summed E-state index contributed by atoms with van der Waals surface area (Å²) in [5.41, 5.74) is 5.85. The normalized spacial score (nSPS) is 9.30. The lowest BCUT2D eigenvalue weighted by atomic mass is 10.3. The van der Waals surface area contributed by atoms with Crippen LogP contribution in [0.5, 0.6) is 11.5 Å². The van der Waals surface area contributed by atoms with Crippen LogP contribution in [0.15, 0.2) is 18.2 Å². The summed E-state index contributed by atoms with van der Waals surface area (Å²) in [6.45, 7) is 0. The molecule has 0 aliphatic heterocycles. The highest BCUT2D eigenvalue weighted by Gasteiger charge is 1.99. The molecule has 0 bridgehead atoms. The first-order chi connectivity index (χ1) is 4.74. The average Bonchev–Trinajstić information content (AvgIpc) is 1.94. The molecule has 0 atom stereocenters. The summed E-state index contributed by atoms with van der Waals surface area (Å²) in [5.74, 6) is 4.97. The molecule has 0 saturated carbocycles. The van der Waals surface area contributed by atoms with Gasteiger partial charge in [-0.05, 0) is 12.1 Å². The standard InChI is InChI=1S/C6H8N2O2/c7-4-1-2-5(9)6(3-4)10-8/h1-3,9H,7-8H2. The van der Waals surface area contributed by atoms with E-state index in [4.69, 9.17) is 16.7 Å². The molecular weight excluding hydrogens is 132 g/mol. The number of aromatic hydroxyl groups is 1. The van der Waals surface area contributed by atoms with Crippen molar-refractivity contribution in [1.82, 2.24) is 0 Å². The second-order valence-corrected chi connectivity index (χ2v) is 1.85. The number of hydrogen-bond acceptors (Lipinski definition) is 4. The van der Waals surface area contributed by atoms with Crippen molar-refractivity contribution in [3.05, 3.63) is 18.2 Å². The van der Waals surface area contributed by atoms with Crippen LogP contribution in [0.1, 0.15) is 0 Å². The van der Waals surface area contributed by atoms with Gasteiger partial charge in [-0.1, -0.05) is 0 Å². The highest BCUT2D eigenvalue weighted by Crippen LogP contribution is 2.26. The Morgan fingerprint density at radius 3 is 2.60 bits per heavy atom. The van der Waals surface area contributed by atoms with Crippen LogP contribution in [0.25, 0.3) is 0 Å². The van der Waals surface area contributed by atoms with Gasteiger partial charge in [0.25, 0.3) is 0 Å². The molecule has 0 amide bonds. The highest BCUT2D eigenvalue weighted by atomic mass is 16.6. The molecule has 0 saturated heterocycles. The smallest absolute Gasteiger partial charge is 0.190 e. The minimum absolute atomic E-state index is 0.0169. The van der Waals surface area contributed by atoms with E-state index in [1.165, 1.54) is 12.1 Å². The van der Waals surface area contributed by atoms with Crippen molar-refractivity contribution < 1.29 is 9.94 Å². The summed E-state index contributed by atoms with van der Waals surface area (Å²) in [6, 6.07) is 4.41. The number of nitrogen functional groups attached to an aromatic ring is 1. The zero-order chi connectivity index (χ0) is 7.56. The maximum absolute atomic E-state index is 8.97. The number of nitrogens with two attached hydrogens (primary N) is 2. The Labute approximate surface area is 58.0 Å². The molecule has 54 valence electrons. The SMILES string of the molecule is NOc1cc(N)ccc1O. The molecule has 10 heavy (non-hydrogen) atoms. The van der Waals surface area contributed by atoms with E-state index in [-0.39, 0.29) is 11.5 Å². The van der Waals surface area contributed by atoms with Crippen LogP contribution in [-0.2, 0) is 0 Å². The first kappa shape index (κ1) is 6.70. The number of phenolic OH excluding ortho intramolecular Hbond substituents is 1. The minimum Gasteiger partial charge on any atom is -0.504 e. The van der Waals surface area contributed by atoms with Crippen molar-refractivity contribution in [1.29, 1.82) is 0 Å². The fourth-order valence-electron chi connectivity index (χ4n) is 0.625. The summed E-state index contributed by atoms with van der Waals surface area (Å²) in [6.07, 6.45) is 0. The van der Waals surface area contributed by atoms with Crippen molar-refractivity contribution in [2.45, 2.75) is 0 Å². The number of benzene rings is 1. The molecule has 4 heteroatoms. The lowest BCUT2D eigenvalue weighted by Crippen LogP contribution is -2.02. The van der Waals surface area contributed by atoms with Crippen LogP contribution in [0, 0.1) is 0 Å². The zero-order valence-electron chi connectivity index (χ0n) is 5.24. The maximum Gasteiger partial charge on any atom is 0.190 e. The molecule has 0 radical (unpaired) electrons. The van der Waals surface area contributed by atoms with Gasteiger partial charge in [-0.25, -0.2) is 0 Å². The summed E-state index contributed by atoms with van der Waals surface area (Å²) in [4.78, 5) is 4.30. The quantitative estimate of drug-likeness (QED) is 0.296. The van der Waals surface area contributed by atoms with Crippen LogP contribution < -0.4 is 16.5 Å². The van der Waals surface area contributed by atoms with Crippen molar-refractivity contribution in [3.63, 3.8) is 0 Å². The molecule has 0 spiro atoms. The molecule has 1 aromatic carbocycles. The van der Waals surface area contributed by atoms with Gasteiger partial charge in [0.1, 0.15) is 0 Å². The Morgan fingerprint density at radius 2 is 2.10 bits per heavy atom. The molecule has 0 aliphatic carbocycles. The van der Waals surface area contributed by atoms with Gasteiger partial charge in [0, 0.05) is 11.8 Å². The van der Waals surface area contributed by atoms with Gasteiger partial charge in [0.05, 0.1) is 0 Å². The third-order valence-electron chi connectivity index (χ3n) is 1.11. The third kappa shape index (κ3) is 1.11. The topological polar surface area (TPSA) is 81.5 Å². The van der Waals surface area contributed by atoms with Gasteiger partial charge in [0.15, 0.2) is 11.5 Å². The van der Waals surface area contributed by atoms with E-state index in [9.17, 15) is 0 Å². The minimum atomic E-state index is -0.0169. The summed E-state index contributed by atoms with van der Waals surface area (Å²) in [5, 5.41) is 8.97. The second kappa shape index (κ2) is 2.45. The van der Waals surface area contributed by atoms with Crippen molar-refractivity contribution in [3.8, 4) is 11.5 Å². The van der Waals surface area contributed by atoms with Crippen LogP contribution in [0.3, 0.4) is 0 Å². The lowest BCUT2D eigenvalue weighted by Gasteiger charge is -2.01. The van der Waals surface area contributed by atoms with Gasteiger partial charge in [-0.3, -0.25) is 0 Å². The molecule has 0 aliphatic rings. The van der Waals surface area contributed by atoms with E-state index < -0.39 is 0 Å². The molecule has 0 heterocycles. The predicted molar refractivity (Wildman–Crippen MR) is 37.3 cm³/mol. The van der Waals surface area contributed by atoms with Gasteiger partial charge in [-0.15, -0.1) is 0 Å². The summed E-state index contributed by atoms with van der Waals surface area (Å²) < 4.78 is 0. The largest absolute Gasteiger partial charge is 0.504 e. The highest BCUT2D eigenvalue weighted by molar-refractivity contribution is 5.50. The summed E-state index contributed by atoms with van der Waals surface area (Å²) >= 11 is 0. The molecule has 0 fully saturated rings. The number of hydrogen-bond donors (Lipinski definition) is 3. The lowest BCUT2D eigenvalue weighted by molar-refractivity contribution is 0.313. The van der Waals surface area contributed by atoms with Crippen molar-refractivity contribution >= 4 is 5.69 Å². The molecule has 5 N–H and O–H groups in total. The fourth-order valence-corrected chi connectivity index (χ4v) is 0.625. The first-order valence-corrected chi connectivity index (χ1v) is 2.69.